The Kier molecular flexibility index (Phi) is 4.74. The number of nitrogens with one attached hydrogen (secondary N) is 3. The van der Waals surface area contributed by atoms with Gasteiger partial charge >= 0.3 is 0 Å². The molecule has 1 aromatic carbocycles. The molecule has 3 aromatic rings. The number of nitrogens with zero attached hydrogens (tertiary/aromatic N) is 3. The van der Waals surface area contributed by atoms with Gasteiger partial charge in [0.2, 0.25) is 11.9 Å². The number of benzene rings is 1. The second-order valence-corrected chi connectivity index (χ2v) is 8.27. The molecule has 3 atom stereocenters. The number of fused-ring (bicyclic) bond motifs is 2. The highest BCUT2D eigenvalue weighted by Crippen LogP contribution is 2.41. The molecule has 2 aliphatic rings. The molecule has 31 heavy (non-hydrogen) atoms. The van der Waals surface area contributed by atoms with E-state index in [2.05, 4.69) is 38.2 Å². The van der Waals surface area contributed by atoms with Gasteiger partial charge in [-0.05, 0) is 37.3 Å². The number of aromatic nitrogens is 3. The van der Waals surface area contributed by atoms with Gasteiger partial charge in [0, 0.05) is 35.6 Å². The lowest BCUT2D eigenvalue weighted by Crippen LogP contribution is -2.43. The number of hydrogen-bond donors (Lipinski definition) is 3. The van der Waals surface area contributed by atoms with Crippen LogP contribution in [0.3, 0.4) is 0 Å². The van der Waals surface area contributed by atoms with Crippen LogP contribution in [-0.4, -0.2) is 33.4 Å². The first-order valence-corrected chi connectivity index (χ1v) is 10.8. The van der Waals surface area contributed by atoms with Crippen molar-refractivity contribution in [3.63, 3.8) is 0 Å². The number of carbonyl (C=O) groups is 1. The average molecular weight is 416 g/mol. The van der Waals surface area contributed by atoms with Gasteiger partial charge in [0.15, 0.2) is 0 Å². The van der Waals surface area contributed by atoms with Crippen LogP contribution in [0.4, 0.5) is 11.8 Å². The Bertz CT molecular complexity index is 1250. The van der Waals surface area contributed by atoms with Crippen molar-refractivity contribution < 1.29 is 4.79 Å². The molecule has 4 heterocycles. The Morgan fingerprint density at radius 2 is 2.10 bits per heavy atom. The number of hydrogen-bond acceptors (Lipinski definition) is 5. The summed E-state index contributed by atoms with van der Waals surface area (Å²) >= 11 is 0. The maximum Gasteiger partial charge on any atom is 0.258 e. The third-order valence-electron chi connectivity index (χ3n) is 6.58. The predicted molar refractivity (Wildman–Crippen MR) is 118 cm³/mol. The number of piperidine rings is 1. The number of H-pyrrole nitrogens is 2. The molecule has 2 aromatic heterocycles. The number of amides is 1. The zero-order valence-electron chi connectivity index (χ0n) is 17.3. The van der Waals surface area contributed by atoms with E-state index in [0.717, 1.165) is 48.7 Å². The number of anilines is 2. The zero-order valence-corrected chi connectivity index (χ0v) is 17.3. The van der Waals surface area contributed by atoms with E-state index >= 15 is 0 Å². The van der Waals surface area contributed by atoms with E-state index in [4.69, 9.17) is 0 Å². The number of para-hydroxylation sites is 1. The van der Waals surface area contributed by atoms with Crippen LogP contribution in [0.2, 0.25) is 0 Å². The van der Waals surface area contributed by atoms with E-state index in [0.29, 0.717) is 17.6 Å². The van der Waals surface area contributed by atoms with Gasteiger partial charge in [-0.1, -0.05) is 25.1 Å². The molecular formula is C23H24N6O2. The standard InChI is InChI=1S/C23H24N6O2/c1-2-13-7-5-6-10-29(13)23-27-20-19(22(31)28-23)18(15(11-24)21(30)26-20)16-12-25-17-9-4-3-8-14(16)17/h3-4,8-9,12-13,15,18,25H,2,5-7,10H2,1H3,(H2,26,27,28,30,31). The minimum absolute atomic E-state index is 0.256. The maximum atomic E-state index is 13.3. The zero-order chi connectivity index (χ0) is 21.5. The fourth-order valence-corrected chi connectivity index (χ4v) is 5.03. The van der Waals surface area contributed by atoms with E-state index in [1.807, 2.05) is 24.3 Å². The highest BCUT2D eigenvalue weighted by Gasteiger charge is 2.41. The lowest BCUT2D eigenvalue weighted by Gasteiger charge is -2.36. The van der Waals surface area contributed by atoms with E-state index < -0.39 is 17.7 Å². The van der Waals surface area contributed by atoms with E-state index in [1.54, 1.807) is 6.20 Å². The van der Waals surface area contributed by atoms with Gasteiger partial charge < -0.3 is 15.2 Å². The maximum absolute atomic E-state index is 13.3. The lowest BCUT2D eigenvalue weighted by atomic mass is 9.79. The fraction of sp³-hybridized carbons (Fsp3) is 0.391. The summed E-state index contributed by atoms with van der Waals surface area (Å²) in [5.74, 6) is -1.40. The Morgan fingerprint density at radius 1 is 1.26 bits per heavy atom. The van der Waals surface area contributed by atoms with Crippen LogP contribution in [0, 0.1) is 17.2 Å². The summed E-state index contributed by atoms with van der Waals surface area (Å²) in [4.78, 5) is 39.1. The SMILES string of the molecule is CCC1CCCCN1c1nc2c(c(=O)[nH]1)C(c1c[nH]c3ccccc13)C(C#N)C(=O)N2. The molecule has 1 fully saturated rings. The second kappa shape index (κ2) is 7.58. The molecule has 3 unspecified atom stereocenters. The molecule has 5 rings (SSSR count). The van der Waals surface area contributed by atoms with E-state index in [1.165, 1.54) is 0 Å². The average Bonchev–Trinajstić information content (AvgIpc) is 3.21. The van der Waals surface area contributed by atoms with E-state index in [-0.39, 0.29) is 11.4 Å². The van der Waals surface area contributed by atoms with Crippen molar-refractivity contribution in [3.8, 4) is 6.07 Å². The minimum atomic E-state index is -1.01. The third-order valence-corrected chi connectivity index (χ3v) is 6.58. The first-order valence-electron chi connectivity index (χ1n) is 10.8. The van der Waals surface area contributed by atoms with Crippen molar-refractivity contribution in [2.24, 2.45) is 5.92 Å². The molecule has 3 N–H and O–H groups in total. The molecule has 0 saturated carbocycles. The van der Waals surface area contributed by atoms with Crippen molar-refractivity contribution in [2.75, 3.05) is 16.8 Å². The molecule has 2 aliphatic heterocycles. The summed E-state index contributed by atoms with van der Waals surface area (Å²) in [5, 5.41) is 13.4. The number of carbonyl (C=O) groups excluding carboxylic acids is 1. The first-order chi connectivity index (χ1) is 15.1. The molecule has 0 radical (unpaired) electrons. The van der Waals surface area contributed by atoms with Crippen LogP contribution in [0.15, 0.2) is 35.3 Å². The summed E-state index contributed by atoms with van der Waals surface area (Å²) in [6, 6.07) is 10.1. The van der Waals surface area contributed by atoms with Crippen LogP contribution in [0.25, 0.3) is 10.9 Å². The highest BCUT2D eigenvalue weighted by atomic mass is 16.2. The van der Waals surface area contributed by atoms with E-state index in [9.17, 15) is 14.9 Å². The summed E-state index contributed by atoms with van der Waals surface area (Å²) in [5.41, 5.74) is 1.67. The van der Waals surface area contributed by atoms with Crippen molar-refractivity contribution in [1.29, 1.82) is 5.26 Å². The Morgan fingerprint density at radius 3 is 2.90 bits per heavy atom. The van der Waals surface area contributed by atoms with Gasteiger partial charge in [-0.3, -0.25) is 14.6 Å². The molecule has 1 saturated heterocycles. The quantitative estimate of drug-likeness (QED) is 0.606. The van der Waals surface area contributed by atoms with Crippen LogP contribution < -0.4 is 15.8 Å². The Balaban J connectivity index is 1.67. The summed E-state index contributed by atoms with van der Waals surface area (Å²) in [6.45, 7) is 2.95. The highest BCUT2D eigenvalue weighted by molar-refractivity contribution is 5.99. The first kappa shape index (κ1) is 19.4. The molecule has 0 aliphatic carbocycles. The molecule has 0 bridgehead atoms. The largest absolute Gasteiger partial charge is 0.361 e. The van der Waals surface area contributed by atoms with Crippen LogP contribution >= 0.6 is 0 Å². The predicted octanol–water partition coefficient (Wildman–Crippen LogP) is 3.24. The molecule has 0 spiro atoms. The number of nitriles is 1. The molecule has 8 heteroatoms. The summed E-state index contributed by atoms with van der Waals surface area (Å²) in [7, 11) is 0. The van der Waals surface area contributed by atoms with Gasteiger partial charge in [-0.25, -0.2) is 0 Å². The lowest BCUT2D eigenvalue weighted by molar-refractivity contribution is -0.119. The van der Waals surface area contributed by atoms with Gasteiger partial charge in [-0.2, -0.15) is 10.2 Å². The minimum Gasteiger partial charge on any atom is -0.361 e. The van der Waals surface area contributed by atoms with Gasteiger partial charge in [0.25, 0.3) is 5.56 Å². The van der Waals surface area contributed by atoms with Crippen molar-refractivity contribution >= 4 is 28.6 Å². The normalized spacial score (nSPS) is 23.3. The van der Waals surface area contributed by atoms with Gasteiger partial charge in [-0.15, -0.1) is 0 Å². The monoisotopic (exact) mass is 416 g/mol. The number of aromatic amines is 2. The van der Waals surface area contributed by atoms with Crippen molar-refractivity contribution in [1.82, 2.24) is 15.0 Å². The topological polar surface area (TPSA) is 118 Å². The Labute approximate surface area is 179 Å². The van der Waals surface area contributed by atoms with Crippen LogP contribution in [0.1, 0.15) is 49.7 Å². The molecule has 1 amide bonds. The second-order valence-electron chi connectivity index (χ2n) is 8.27. The van der Waals surface area contributed by atoms with Crippen LogP contribution in [-0.2, 0) is 4.79 Å². The Hall–Kier alpha value is -3.60. The van der Waals surface area contributed by atoms with Gasteiger partial charge in [0.05, 0.1) is 11.6 Å². The van der Waals surface area contributed by atoms with Crippen molar-refractivity contribution in [3.05, 3.63) is 51.9 Å². The molecular weight excluding hydrogens is 392 g/mol. The van der Waals surface area contributed by atoms with Crippen LogP contribution in [0.5, 0.6) is 0 Å². The summed E-state index contributed by atoms with van der Waals surface area (Å²) in [6.07, 6.45) is 6.00. The summed E-state index contributed by atoms with van der Waals surface area (Å²) < 4.78 is 0. The smallest absolute Gasteiger partial charge is 0.258 e. The van der Waals surface area contributed by atoms with Crippen molar-refractivity contribution in [2.45, 2.75) is 44.6 Å². The molecule has 8 nitrogen and oxygen atoms in total. The third kappa shape index (κ3) is 3.08. The van der Waals surface area contributed by atoms with Gasteiger partial charge in [0.1, 0.15) is 11.7 Å². The fourth-order valence-electron chi connectivity index (χ4n) is 5.03. The number of rotatable bonds is 3. The molecule has 158 valence electrons.